The normalized spacial score (nSPS) is 15.0. The van der Waals surface area contributed by atoms with Gasteiger partial charge in [-0.1, -0.05) is 49.5 Å². The summed E-state index contributed by atoms with van der Waals surface area (Å²) in [6.45, 7) is 5.96. The molecule has 3 rings (SSSR count). The van der Waals surface area contributed by atoms with E-state index >= 15 is 0 Å². The average Bonchev–Trinajstić information content (AvgIpc) is 2.93. The molecule has 0 saturated carbocycles. The molecule has 0 bridgehead atoms. The maximum absolute atomic E-state index is 13.3. The van der Waals surface area contributed by atoms with Crippen LogP contribution in [-0.4, -0.2) is 32.2 Å². The van der Waals surface area contributed by atoms with Gasteiger partial charge in [0.1, 0.15) is 10.1 Å². The summed E-state index contributed by atoms with van der Waals surface area (Å²) in [5.74, 6) is -0.499. The number of imide groups is 1. The molecule has 1 aliphatic heterocycles. The highest BCUT2D eigenvalue weighted by atomic mass is 32.2. The van der Waals surface area contributed by atoms with Crippen molar-refractivity contribution in [1.29, 1.82) is 0 Å². The molecule has 0 fully saturated rings. The molecule has 0 saturated heterocycles. The van der Waals surface area contributed by atoms with Crippen molar-refractivity contribution in [1.82, 2.24) is 14.9 Å². The predicted octanol–water partition coefficient (Wildman–Crippen LogP) is 4.52. The first kappa shape index (κ1) is 19.6. The number of amides is 2. The third-order valence-electron chi connectivity index (χ3n) is 4.75. The minimum Gasteiger partial charge on any atom is -0.268 e. The first-order valence-electron chi connectivity index (χ1n) is 8.81. The Balaban J connectivity index is 2.02. The van der Waals surface area contributed by atoms with E-state index in [4.69, 9.17) is 0 Å². The fraction of sp³-hybridized carbons (Fsp3) is 0.300. The van der Waals surface area contributed by atoms with Crippen molar-refractivity contribution < 1.29 is 9.59 Å². The molecule has 0 atom stereocenters. The van der Waals surface area contributed by atoms with Gasteiger partial charge in [-0.3, -0.25) is 14.5 Å². The molecule has 0 aromatic carbocycles. The number of pyridine rings is 2. The zero-order chi connectivity index (χ0) is 19.4. The molecule has 2 amide bonds. The van der Waals surface area contributed by atoms with E-state index in [0.717, 1.165) is 0 Å². The van der Waals surface area contributed by atoms with Crippen molar-refractivity contribution in [3.8, 4) is 0 Å². The smallest absolute Gasteiger partial charge is 0.268 e. The van der Waals surface area contributed by atoms with Gasteiger partial charge in [0, 0.05) is 17.9 Å². The SMILES string of the molecule is CCC(C)(CC)N1C(=O)C(Sc2ccccn2)=C(Sc2ccccn2)C1=O. The van der Waals surface area contributed by atoms with E-state index in [0.29, 0.717) is 32.7 Å². The summed E-state index contributed by atoms with van der Waals surface area (Å²) in [6, 6.07) is 11.0. The lowest BCUT2D eigenvalue weighted by Gasteiger charge is -2.36. The molecule has 0 N–H and O–H groups in total. The first-order chi connectivity index (χ1) is 13.0. The molecule has 140 valence electrons. The van der Waals surface area contributed by atoms with Crippen LogP contribution in [0.25, 0.3) is 0 Å². The van der Waals surface area contributed by atoms with Gasteiger partial charge < -0.3 is 0 Å². The van der Waals surface area contributed by atoms with Crippen LogP contribution in [0.15, 0.2) is 68.7 Å². The first-order valence-corrected chi connectivity index (χ1v) is 10.4. The molecule has 0 unspecified atom stereocenters. The standard InChI is InChI=1S/C20H21N3O2S2/c1-4-20(3,5-2)23-18(24)16(26-14-10-6-8-12-21-14)17(19(23)25)27-15-11-7-9-13-22-15/h6-13H,4-5H2,1-3H3. The van der Waals surface area contributed by atoms with Crippen molar-refractivity contribution in [3.63, 3.8) is 0 Å². The van der Waals surface area contributed by atoms with Gasteiger partial charge in [0.15, 0.2) is 0 Å². The lowest BCUT2D eigenvalue weighted by molar-refractivity contribution is -0.144. The largest absolute Gasteiger partial charge is 0.269 e. The maximum Gasteiger partial charge on any atom is 0.269 e. The van der Waals surface area contributed by atoms with Crippen LogP contribution < -0.4 is 0 Å². The van der Waals surface area contributed by atoms with Gasteiger partial charge in [0.25, 0.3) is 11.8 Å². The van der Waals surface area contributed by atoms with E-state index in [1.165, 1.54) is 28.4 Å². The second-order valence-electron chi connectivity index (χ2n) is 6.35. The van der Waals surface area contributed by atoms with E-state index in [2.05, 4.69) is 9.97 Å². The molecule has 3 heterocycles. The Morgan fingerprint density at radius 1 is 0.852 bits per heavy atom. The maximum atomic E-state index is 13.3. The topological polar surface area (TPSA) is 63.2 Å². The number of hydrogen-bond acceptors (Lipinski definition) is 6. The minimum atomic E-state index is -0.517. The predicted molar refractivity (Wildman–Crippen MR) is 108 cm³/mol. The Kier molecular flexibility index (Phi) is 6.01. The Hall–Kier alpha value is -2.12. The minimum absolute atomic E-state index is 0.250. The van der Waals surface area contributed by atoms with Crippen molar-refractivity contribution in [2.24, 2.45) is 0 Å². The quantitative estimate of drug-likeness (QED) is 0.638. The van der Waals surface area contributed by atoms with Gasteiger partial charge in [-0.2, -0.15) is 0 Å². The fourth-order valence-corrected chi connectivity index (χ4v) is 4.66. The average molecular weight is 400 g/mol. The molecule has 0 spiro atoms. The summed E-state index contributed by atoms with van der Waals surface area (Å²) >= 11 is 2.48. The van der Waals surface area contributed by atoms with Crippen molar-refractivity contribution in [2.75, 3.05) is 0 Å². The molecule has 2 aromatic rings. The molecule has 7 heteroatoms. The van der Waals surface area contributed by atoms with Gasteiger partial charge in [0.2, 0.25) is 0 Å². The Morgan fingerprint density at radius 3 is 1.63 bits per heavy atom. The molecule has 0 aliphatic carbocycles. The summed E-state index contributed by atoms with van der Waals surface area (Å²) in [5.41, 5.74) is -0.517. The van der Waals surface area contributed by atoms with Gasteiger partial charge in [-0.05, 0) is 44.0 Å². The van der Waals surface area contributed by atoms with Crippen LogP contribution in [0.4, 0.5) is 0 Å². The van der Waals surface area contributed by atoms with Gasteiger partial charge >= 0.3 is 0 Å². The van der Waals surface area contributed by atoms with Crippen LogP contribution in [-0.2, 0) is 9.59 Å². The molecule has 5 nitrogen and oxygen atoms in total. The number of hydrogen-bond donors (Lipinski definition) is 0. The monoisotopic (exact) mass is 399 g/mol. The van der Waals surface area contributed by atoms with Gasteiger partial charge in [-0.15, -0.1) is 0 Å². The molecule has 2 aromatic heterocycles. The van der Waals surface area contributed by atoms with Crippen molar-refractivity contribution in [3.05, 3.63) is 58.6 Å². The molecular formula is C20H21N3O2S2. The van der Waals surface area contributed by atoms with Crippen LogP contribution in [0, 0.1) is 0 Å². The number of carbonyl (C=O) groups excluding carboxylic acids is 2. The lowest BCUT2D eigenvalue weighted by Crippen LogP contribution is -2.49. The van der Waals surface area contributed by atoms with E-state index in [-0.39, 0.29) is 11.8 Å². The van der Waals surface area contributed by atoms with E-state index in [9.17, 15) is 9.59 Å². The van der Waals surface area contributed by atoms with Crippen LogP contribution in [0.1, 0.15) is 33.6 Å². The Morgan fingerprint density at radius 2 is 1.30 bits per heavy atom. The van der Waals surface area contributed by atoms with E-state index < -0.39 is 5.54 Å². The highest BCUT2D eigenvalue weighted by Crippen LogP contribution is 2.44. The number of nitrogens with zero attached hydrogens (tertiary/aromatic N) is 3. The fourth-order valence-electron chi connectivity index (χ4n) is 2.75. The Bertz CT molecular complexity index is 802. The summed E-state index contributed by atoms with van der Waals surface area (Å²) < 4.78 is 0. The Labute approximate surface area is 167 Å². The highest BCUT2D eigenvalue weighted by molar-refractivity contribution is 8.08. The van der Waals surface area contributed by atoms with E-state index in [1.807, 2.05) is 57.2 Å². The van der Waals surface area contributed by atoms with Crippen molar-refractivity contribution in [2.45, 2.75) is 49.2 Å². The summed E-state index contributed by atoms with van der Waals surface area (Å²) in [4.78, 5) is 37.3. The second kappa shape index (κ2) is 8.27. The zero-order valence-electron chi connectivity index (χ0n) is 15.5. The second-order valence-corrected chi connectivity index (χ2v) is 8.41. The third kappa shape index (κ3) is 3.94. The van der Waals surface area contributed by atoms with Crippen molar-refractivity contribution >= 4 is 35.3 Å². The number of aromatic nitrogens is 2. The molecule has 0 radical (unpaired) electrons. The molecule has 27 heavy (non-hydrogen) atoms. The van der Waals surface area contributed by atoms with Gasteiger partial charge in [-0.25, -0.2) is 9.97 Å². The number of thioether (sulfide) groups is 2. The highest BCUT2D eigenvalue weighted by Gasteiger charge is 2.47. The summed E-state index contributed by atoms with van der Waals surface area (Å²) in [5, 5.41) is 1.37. The number of rotatable bonds is 7. The summed E-state index contributed by atoms with van der Waals surface area (Å²) in [6.07, 6.45) is 4.75. The molecular weight excluding hydrogens is 378 g/mol. The van der Waals surface area contributed by atoms with Crippen LogP contribution in [0.2, 0.25) is 0 Å². The number of carbonyl (C=O) groups is 2. The van der Waals surface area contributed by atoms with Crippen LogP contribution in [0.5, 0.6) is 0 Å². The zero-order valence-corrected chi connectivity index (χ0v) is 17.1. The summed E-state index contributed by atoms with van der Waals surface area (Å²) in [7, 11) is 0. The van der Waals surface area contributed by atoms with Crippen LogP contribution >= 0.6 is 23.5 Å². The molecule has 1 aliphatic rings. The lowest BCUT2D eigenvalue weighted by atomic mass is 9.93. The third-order valence-corrected chi connectivity index (χ3v) is 6.95. The van der Waals surface area contributed by atoms with Crippen LogP contribution in [0.3, 0.4) is 0 Å². The van der Waals surface area contributed by atoms with Gasteiger partial charge in [0.05, 0.1) is 9.81 Å². The van der Waals surface area contributed by atoms with E-state index in [1.54, 1.807) is 12.4 Å².